The SMILES string of the molecule is N[C@@H]1CCN(CCc2ccccc2)C[C@H]1F. The molecular weight excluding hydrogens is 203 g/mol. The van der Waals surface area contributed by atoms with E-state index in [2.05, 4.69) is 17.0 Å². The Kier molecular flexibility index (Phi) is 3.91. The summed E-state index contributed by atoms with van der Waals surface area (Å²) in [6, 6.07) is 10.1. The molecule has 3 heteroatoms. The topological polar surface area (TPSA) is 29.3 Å². The molecule has 0 unspecified atom stereocenters. The number of hydrogen-bond acceptors (Lipinski definition) is 2. The van der Waals surface area contributed by atoms with Crippen molar-refractivity contribution in [1.29, 1.82) is 0 Å². The Balaban J connectivity index is 1.79. The van der Waals surface area contributed by atoms with E-state index in [0.717, 1.165) is 25.9 Å². The lowest BCUT2D eigenvalue weighted by molar-refractivity contribution is 0.120. The summed E-state index contributed by atoms with van der Waals surface area (Å²) >= 11 is 0. The maximum atomic E-state index is 13.4. The second-order valence-electron chi connectivity index (χ2n) is 4.50. The smallest absolute Gasteiger partial charge is 0.128 e. The van der Waals surface area contributed by atoms with Crippen molar-refractivity contribution >= 4 is 0 Å². The zero-order valence-electron chi connectivity index (χ0n) is 9.48. The molecule has 2 rings (SSSR count). The van der Waals surface area contributed by atoms with Gasteiger partial charge in [-0.1, -0.05) is 30.3 Å². The van der Waals surface area contributed by atoms with Gasteiger partial charge in [-0.25, -0.2) is 4.39 Å². The molecule has 0 aromatic heterocycles. The Labute approximate surface area is 96.2 Å². The molecular formula is C13H19FN2. The van der Waals surface area contributed by atoms with Gasteiger partial charge in [0.1, 0.15) is 6.17 Å². The van der Waals surface area contributed by atoms with Crippen LogP contribution in [-0.4, -0.2) is 36.7 Å². The zero-order valence-corrected chi connectivity index (χ0v) is 9.48. The summed E-state index contributed by atoms with van der Waals surface area (Å²) in [5.41, 5.74) is 6.96. The Morgan fingerprint density at radius 3 is 2.75 bits per heavy atom. The Hall–Kier alpha value is -0.930. The largest absolute Gasteiger partial charge is 0.325 e. The minimum Gasteiger partial charge on any atom is -0.325 e. The van der Waals surface area contributed by atoms with E-state index < -0.39 is 6.17 Å². The van der Waals surface area contributed by atoms with E-state index in [9.17, 15) is 4.39 Å². The average molecular weight is 222 g/mol. The molecule has 0 spiro atoms. The highest BCUT2D eigenvalue weighted by Crippen LogP contribution is 2.13. The van der Waals surface area contributed by atoms with Crippen LogP contribution in [0, 0.1) is 0 Å². The van der Waals surface area contributed by atoms with Crippen LogP contribution < -0.4 is 5.73 Å². The standard InChI is InChI=1S/C13H19FN2/c14-12-10-16(9-7-13(12)15)8-6-11-4-2-1-3-5-11/h1-5,12-13H,6-10,15H2/t12-,13-/m1/s1. The normalized spacial score (nSPS) is 26.9. The first-order valence-electron chi connectivity index (χ1n) is 5.91. The molecule has 0 aliphatic carbocycles. The van der Waals surface area contributed by atoms with E-state index >= 15 is 0 Å². The number of benzene rings is 1. The molecule has 1 aliphatic heterocycles. The predicted molar refractivity (Wildman–Crippen MR) is 64.1 cm³/mol. The molecule has 1 aromatic rings. The third-order valence-corrected chi connectivity index (χ3v) is 3.24. The van der Waals surface area contributed by atoms with Crippen LogP contribution in [0.25, 0.3) is 0 Å². The fourth-order valence-corrected chi connectivity index (χ4v) is 2.12. The first kappa shape index (κ1) is 11.6. The third kappa shape index (κ3) is 3.03. The molecule has 1 fully saturated rings. The van der Waals surface area contributed by atoms with Crippen molar-refractivity contribution in [2.45, 2.75) is 25.1 Å². The zero-order chi connectivity index (χ0) is 11.4. The van der Waals surface area contributed by atoms with E-state index in [0.29, 0.717) is 6.54 Å². The van der Waals surface area contributed by atoms with Crippen molar-refractivity contribution < 1.29 is 4.39 Å². The Morgan fingerprint density at radius 2 is 2.06 bits per heavy atom. The van der Waals surface area contributed by atoms with Crippen LogP contribution in [0.1, 0.15) is 12.0 Å². The van der Waals surface area contributed by atoms with Crippen molar-refractivity contribution in [2.75, 3.05) is 19.6 Å². The van der Waals surface area contributed by atoms with Gasteiger partial charge in [0.05, 0.1) is 0 Å². The van der Waals surface area contributed by atoms with Crippen LogP contribution in [0.4, 0.5) is 4.39 Å². The molecule has 0 saturated carbocycles. The van der Waals surface area contributed by atoms with Crippen molar-refractivity contribution in [1.82, 2.24) is 4.90 Å². The number of piperidine rings is 1. The van der Waals surface area contributed by atoms with Gasteiger partial charge in [0.15, 0.2) is 0 Å². The number of nitrogens with two attached hydrogens (primary N) is 1. The lowest BCUT2D eigenvalue weighted by Gasteiger charge is -2.32. The first-order valence-corrected chi connectivity index (χ1v) is 5.91. The predicted octanol–water partition coefficient (Wildman–Crippen LogP) is 1.60. The summed E-state index contributed by atoms with van der Waals surface area (Å²) in [7, 11) is 0. The van der Waals surface area contributed by atoms with E-state index in [1.165, 1.54) is 5.56 Å². The fourth-order valence-electron chi connectivity index (χ4n) is 2.12. The van der Waals surface area contributed by atoms with E-state index in [1.807, 2.05) is 18.2 Å². The molecule has 16 heavy (non-hydrogen) atoms. The second kappa shape index (κ2) is 5.41. The lowest BCUT2D eigenvalue weighted by atomic mass is 10.0. The van der Waals surface area contributed by atoms with Crippen LogP contribution in [-0.2, 0) is 6.42 Å². The van der Waals surface area contributed by atoms with E-state index in [-0.39, 0.29) is 6.04 Å². The van der Waals surface area contributed by atoms with Gasteiger partial charge in [0.25, 0.3) is 0 Å². The third-order valence-electron chi connectivity index (χ3n) is 3.24. The minimum atomic E-state index is -0.857. The van der Waals surface area contributed by atoms with Gasteiger partial charge in [-0.05, 0) is 24.9 Å². The number of alkyl halides is 1. The van der Waals surface area contributed by atoms with Gasteiger partial charge in [0, 0.05) is 19.1 Å². The Bertz CT molecular complexity index is 315. The van der Waals surface area contributed by atoms with Crippen LogP contribution >= 0.6 is 0 Å². The van der Waals surface area contributed by atoms with E-state index in [4.69, 9.17) is 5.73 Å². The van der Waals surface area contributed by atoms with Gasteiger partial charge in [-0.15, -0.1) is 0 Å². The lowest BCUT2D eigenvalue weighted by Crippen LogP contribution is -2.48. The summed E-state index contributed by atoms with van der Waals surface area (Å²) in [4.78, 5) is 2.17. The van der Waals surface area contributed by atoms with Crippen molar-refractivity contribution in [3.05, 3.63) is 35.9 Å². The molecule has 88 valence electrons. The number of hydrogen-bond donors (Lipinski definition) is 1. The average Bonchev–Trinajstić information content (AvgIpc) is 2.32. The number of likely N-dealkylation sites (tertiary alicyclic amines) is 1. The van der Waals surface area contributed by atoms with Gasteiger partial charge < -0.3 is 5.73 Å². The fraction of sp³-hybridized carbons (Fsp3) is 0.538. The summed E-state index contributed by atoms with van der Waals surface area (Å²) in [5.74, 6) is 0. The summed E-state index contributed by atoms with van der Waals surface area (Å²) in [6.45, 7) is 2.35. The summed E-state index contributed by atoms with van der Waals surface area (Å²) in [5, 5.41) is 0. The van der Waals surface area contributed by atoms with Crippen LogP contribution in [0.5, 0.6) is 0 Å². The molecule has 1 aliphatic rings. The van der Waals surface area contributed by atoms with Crippen molar-refractivity contribution in [3.8, 4) is 0 Å². The highest BCUT2D eigenvalue weighted by Gasteiger charge is 2.25. The van der Waals surface area contributed by atoms with Gasteiger partial charge in [0.2, 0.25) is 0 Å². The summed E-state index contributed by atoms with van der Waals surface area (Å²) in [6.07, 6.45) is 0.906. The highest BCUT2D eigenvalue weighted by atomic mass is 19.1. The molecule has 2 N–H and O–H groups in total. The second-order valence-corrected chi connectivity index (χ2v) is 4.50. The van der Waals surface area contributed by atoms with Crippen molar-refractivity contribution in [2.24, 2.45) is 5.73 Å². The highest BCUT2D eigenvalue weighted by molar-refractivity contribution is 5.14. The summed E-state index contributed by atoms with van der Waals surface area (Å²) < 4.78 is 13.4. The molecule has 0 amide bonds. The molecule has 0 radical (unpaired) electrons. The minimum absolute atomic E-state index is 0.257. The number of rotatable bonds is 3. The van der Waals surface area contributed by atoms with Gasteiger partial charge in [-0.3, -0.25) is 4.90 Å². The molecule has 1 saturated heterocycles. The molecule has 2 nitrogen and oxygen atoms in total. The van der Waals surface area contributed by atoms with E-state index in [1.54, 1.807) is 0 Å². The van der Waals surface area contributed by atoms with Crippen LogP contribution in [0.15, 0.2) is 30.3 Å². The number of nitrogens with zero attached hydrogens (tertiary/aromatic N) is 1. The van der Waals surface area contributed by atoms with Crippen LogP contribution in [0.3, 0.4) is 0 Å². The monoisotopic (exact) mass is 222 g/mol. The molecule has 2 atom stereocenters. The Morgan fingerprint density at radius 1 is 1.31 bits per heavy atom. The molecule has 1 heterocycles. The number of halogens is 1. The van der Waals surface area contributed by atoms with Gasteiger partial charge >= 0.3 is 0 Å². The quantitative estimate of drug-likeness (QED) is 0.841. The molecule has 1 aromatic carbocycles. The van der Waals surface area contributed by atoms with Gasteiger partial charge in [-0.2, -0.15) is 0 Å². The van der Waals surface area contributed by atoms with Crippen LogP contribution in [0.2, 0.25) is 0 Å². The maximum Gasteiger partial charge on any atom is 0.128 e. The van der Waals surface area contributed by atoms with Crippen molar-refractivity contribution in [3.63, 3.8) is 0 Å². The molecule has 0 bridgehead atoms. The maximum absolute atomic E-state index is 13.4. The first-order chi connectivity index (χ1) is 7.75.